The summed E-state index contributed by atoms with van der Waals surface area (Å²) in [5, 5.41) is 9.08. The van der Waals surface area contributed by atoms with Crippen LogP contribution in [0.2, 0.25) is 0 Å². The van der Waals surface area contributed by atoms with Gasteiger partial charge in [0.2, 0.25) is 0 Å². The normalized spacial score (nSPS) is 21.5. The van der Waals surface area contributed by atoms with E-state index >= 15 is 0 Å². The summed E-state index contributed by atoms with van der Waals surface area (Å²) in [4.78, 5) is 13.4. The van der Waals surface area contributed by atoms with E-state index in [1.807, 2.05) is 18.7 Å². The van der Waals surface area contributed by atoms with Gasteiger partial charge in [0.05, 0.1) is 5.41 Å². The smallest absolute Gasteiger partial charge is 0.309 e. The van der Waals surface area contributed by atoms with Crippen LogP contribution in [0.3, 0.4) is 0 Å². The summed E-state index contributed by atoms with van der Waals surface area (Å²) in [5.41, 5.74) is -0.476. The first-order chi connectivity index (χ1) is 7.08. The van der Waals surface area contributed by atoms with Gasteiger partial charge in [0, 0.05) is 0 Å². The molecular formula is C11H21NO2S. The average molecular weight is 231 g/mol. The summed E-state index contributed by atoms with van der Waals surface area (Å²) in [5.74, 6) is 0.568. The third-order valence-corrected chi connectivity index (χ3v) is 4.00. The lowest BCUT2D eigenvalue weighted by Crippen LogP contribution is -2.43. The molecule has 0 spiro atoms. The SMILES string of the molecule is CSCCCN1CCC(C)(C(=O)O)CC1. The quantitative estimate of drug-likeness (QED) is 0.734. The van der Waals surface area contributed by atoms with E-state index in [4.69, 9.17) is 5.11 Å². The highest BCUT2D eigenvalue weighted by molar-refractivity contribution is 7.98. The molecule has 1 heterocycles. The molecule has 1 aliphatic heterocycles. The molecule has 0 saturated carbocycles. The number of likely N-dealkylation sites (tertiary alicyclic amines) is 1. The van der Waals surface area contributed by atoms with Crippen LogP contribution in [0.15, 0.2) is 0 Å². The number of nitrogens with zero attached hydrogens (tertiary/aromatic N) is 1. The van der Waals surface area contributed by atoms with Gasteiger partial charge in [-0.1, -0.05) is 0 Å². The zero-order valence-electron chi connectivity index (χ0n) is 9.66. The van der Waals surface area contributed by atoms with Gasteiger partial charge in [-0.15, -0.1) is 0 Å². The van der Waals surface area contributed by atoms with Gasteiger partial charge in [-0.3, -0.25) is 4.79 Å². The lowest BCUT2D eigenvalue weighted by molar-refractivity contribution is -0.150. The van der Waals surface area contributed by atoms with Gasteiger partial charge in [-0.05, 0) is 57.8 Å². The van der Waals surface area contributed by atoms with E-state index in [-0.39, 0.29) is 0 Å². The molecule has 4 heteroatoms. The molecule has 0 radical (unpaired) electrons. The highest BCUT2D eigenvalue weighted by Gasteiger charge is 2.36. The number of carboxylic acids is 1. The van der Waals surface area contributed by atoms with Gasteiger partial charge in [-0.25, -0.2) is 0 Å². The molecule has 1 aliphatic rings. The molecule has 1 saturated heterocycles. The molecular weight excluding hydrogens is 210 g/mol. The minimum Gasteiger partial charge on any atom is -0.481 e. The molecule has 0 aliphatic carbocycles. The molecule has 0 unspecified atom stereocenters. The Bertz CT molecular complexity index is 213. The molecule has 0 aromatic heterocycles. The fourth-order valence-electron chi connectivity index (χ4n) is 1.92. The van der Waals surface area contributed by atoms with Crippen molar-refractivity contribution in [2.24, 2.45) is 5.41 Å². The first kappa shape index (κ1) is 12.8. The van der Waals surface area contributed by atoms with Crippen molar-refractivity contribution in [1.82, 2.24) is 4.90 Å². The van der Waals surface area contributed by atoms with Crippen molar-refractivity contribution in [1.29, 1.82) is 0 Å². The number of aliphatic carboxylic acids is 1. The Hall–Kier alpha value is -0.220. The van der Waals surface area contributed by atoms with E-state index in [1.54, 1.807) is 0 Å². The van der Waals surface area contributed by atoms with Gasteiger partial charge in [0.25, 0.3) is 0 Å². The van der Waals surface area contributed by atoms with Crippen LogP contribution < -0.4 is 0 Å². The van der Waals surface area contributed by atoms with E-state index in [2.05, 4.69) is 11.2 Å². The van der Waals surface area contributed by atoms with Gasteiger partial charge >= 0.3 is 5.97 Å². The summed E-state index contributed by atoms with van der Waals surface area (Å²) in [6.07, 6.45) is 4.92. The Morgan fingerprint density at radius 1 is 1.47 bits per heavy atom. The second kappa shape index (κ2) is 5.75. The third kappa shape index (κ3) is 3.68. The molecule has 1 rings (SSSR count). The van der Waals surface area contributed by atoms with Crippen molar-refractivity contribution < 1.29 is 9.90 Å². The maximum atomic E-state index is 11.0. The van der Waals surface area contributed by atoms with Crippen LogP contribution in [-0.2, 0) is 4.79 Å². The lowest BCUT2D eigenvalue weighted by atomic mass is 9.80. The Morgan fingerprint density at radius 3 is 2.53 bits per heavy atom. The Labute approximate surface area is 96.2 Å². The molecule has 1 fully saturated rings. The zero-order valence-corrected chi connectivity index (χ0v) is 10.5. The van der Waals surface area contributed by atoms with Gasteiger partial charge in [-0.2, -0.15) is 11.8 Å². The van der Waals surface area contributed by atoms with Crippen LogP contribution in [0, 0.1) is 5.41 Å². The summed E-state index contributed by atoms with van der Waals surface area (Å²) < 4.78 is 0. The van der Waals surface area contributed by atoms with Gasteiger partial charge in [0.15, 0.2) is 0 Å². The predicted octanol–water partition coefficient (Wildman–Crippen LogP) is 1.93. The molecule has 88 valence electrons. The van der Waals surface area contributed by atoms with Crippen molar-refractivity contribution in [2.45, 2.75) is 26.2 Å². The van der Waals surface area contributed by atoms with Crippen LogP contribution >= 0.6 is 11.8 Å². The summed E-state index contributed by atoms with van der Waals surface area (Å²) in [6, 6.07) is 0. The van der Waals surface area contributed by atoms with Gasteiger partial charge < -0.3 is 10.0 Å². The van der Waals surface area contributed by atoms with Crippen molar-refractivity contribution in [3.63, 3.8) is 0 Å². The van der Waals surface area contributed by atoms with Crippen molar-refractivity contribution >= 4 is 17.7 Å². The van der Waals surface area contributed by atoms with E-state index in [0.717, 1.165) is 32.5 Å². The molecule has 0 amide bonds. The Morgan fingerprint density at radius 2 is 2.07 bits per heavy atom. The Kier molecular flexibility index (Phi) is 4.93. The third-order valence-electron chi connectivity index (χ3n) is 3.30. The number of thioether (sulfide) groups is 1. The Balaban J connectivity index is 2.26. The van der Waals surface area contributed by atoms with E-state index in [9.17, 15) is 4.79 Å². The minimum absolute atomic E-state index is 0.476. The van der Waals surface area contributed by atoms with E-state index < -0.39 is 11.4 Å². The standard InChI is InChI=1S/C11H21NO2S/c1-11(10(13)14)4-7-12(8-5-11)6-3-9-15-2/h3-9H2,1-2H3,(H,13,14). The number of hydrogen-bond acceptors (Lipinski definition) is 3. The van der Waals surface area contributed by atoms with Crippen LogP contribution in [0.4, 0.5) is 0 Å². The van der Waals surface area contributed by atoms with Crippen LogP contribution in [-0.4, -0.2) is 47.6 Å². The fourth-order valence-corrected chi connectivity index (χ4v) is 2.33. The highest BCUT2D eigenvalue weighted by Crippen LogP contribution is 2.30. The minimum atomic E-state index is -0.633. The van der Waals surface area contributed by atoms with Crippen molar-refractivity contribution in [2.75, 3.05) is 31.6 Å². The molecule has 1 N–H and O–H groups in total. The topological polar surface area (TPSA) is 40.5 Å². The largest absolute Gasteiger partial charge is 0.481 e. The van der Waals surface area contributed by atoms with E-state index in [1.165, 1.54) is 12.2 Å². The van der Waals surface area contributed by atoms with E-state index in [0.29, 0.717) is 0 Å². The molecule has 0 atom stereocenters. The second-order valence-electron chi connectivity index (χ2n) is 4.55. The van der Waals surface area contributed by atoms with Crippen molar-refractivity contribution in [3.05, 3.63) is 0 Å². The first-order valence-electron chi connectivity index (χ1n) is 5.53. The summed E-state index contributed by atoms with van der Waals surface area (Å²) >= 11 is 1.87. The zero-order chi connectivity index (χ0) is 11.3. The number of rotatable bonds is 5. The average Bonchev–Trinajstić information content (AvgIpc) is 2.21. The number of piperidine rings is 1. The number of carbonyl (C=O) groups is 1. The predicted molar refractivity (Wildman–Crippen MR) is 64.4 cm³/mol. The van der Waals surface area contributed by atoms with Crippen molar-refractivity contribution in [3.8, 4) is 0 Å². The fraction of sp³-hybridized carbons (Fsp3) is 0.909. The first-order valence-corrected chi connectivity index (χ1v) is 6.92. The van der Waals surface area contributed by atoms with Crippen LogP contribution in [0.25, 0.3) is 0 Å². The molecule has 15 heavy (non-hydrogen) atoms. The second-order valence-corrected chi connectivity index (χ2v) is 5.54. The highest BCUT2D eigenvalue weighted by atomic mass is 32.2. The maximum absolute atomic E-state index is 11.0. The molecule has 3 nitrogen and oxygen atoms in total. The monoisotopic (exact) mass is 231 g/mol. The van der Waals surface area contributed by atoms with Gasteiger partial charge in [0.1, 0.15) is 0 Å². The molecule has 0 bridgehead atoms. The van der Waals surface area contributed by atoms with Crippen LogP contribution in [0.1, 0.15) is 26.2 Å². The summed E-state index contributed by atoms with van der Waals surface area (Å²) in [7, 11) is 0. The van der Waals surface area contributed by atoms with Crippen LogP contribution in [0.5, 0.6) is 0 Å². The summed E-state index contributed by atoms with van der Waals surface area (Å²) in [6.45, 7) is 4.87. The molecule has 0 aromatic carbocycles. The maximum Gasteiger partial charge on any atom is 0.309 e. The number of carboxylic acid groups (broad SMARTS) is 1. The number of hydrogen-bond donors (Lipinski definition) is 1. The molecule has 0 aromatic rings. The lowest BCUT2D eigenvalue weighted by Gasteiger charge is -2.36.